The predicted molar refractivity (Wildman–Crippen MR) is 85.0 cm³/mol. The second-order valence-electron chi connectivity index (χ2n) is 6.51. The zero-order chi connectivity index (χ0) is 17.3. The molecule has 1 amide bonds. The molecule has 1 aliphatic carbocycles. The fraction of sp³-hybridized carbons (Fsp3) is 0.500. The number of ether oxygens (including phenoxy) is 1. The molecule has 0 bridgehead atoms. The van der Waals surface area contributed by atoms with Gasteiger partial charge in [0.15, 0.2) is 5.78 Å². The summed E-state index contributed by atoms with van der Waals surface area (Å²) in [7, 11) is 1.34. The van der Waals surface area contributed by atoms with Gasteiger partial charge in [-0.05, 0) is 19.3 Å². The Balaban J connectivity index is 1.81. The standard InChI is InChI=1S/C18H21NO5/c1-24-18(23)11-7-8-13-12(9-11)16(21)14(17(22)19-13)15(20)10-5-3-2-4-6-10/h2-6,11-14,16,21H,7-9H2,1H3,(H,19,22). The van der Waals surface area contributed by atoms with Gasteiger partial charge in [0.25, 0.3) is 0 Å². The Labute approximate surface area is 140 Å². The molecule has 1 aromatic rings. The normalized spacial score (nSPS) is 32.4. The van der Waals surface area contributed by atoms with Crippen LogP contribution in [0.3, 0.4) is 0 Å². The van der Waals surface area contributed by atoms with Crippen LogP contribution in [0.5, 0.6) is 0 Å². The number of hydrogen-bond acceptors (Lipinski definition) is 5. The Hall–Kier alpha value is -2.21. The number of ketones is 1. The summed E-state index contributed by atoms with van der Waals surface area (Å²) in [5.74, 6) is -2.88. The first-order chi connectivity index (χ1) is 11.5. The van der Waals surface area contributed by atoms with Crippen LogP contribution in [-0.4, -0.2) is 42.0 Å². The molecule has 6 heteroatoms. The maximum Gasteiger partial charge on any atom is 0.308 e. The Morgan fingerprint density at radius 2 is 1.92 bits per heavy atom. The van der Waals surface area contributed by atoms with Gasteiger partial charge in [-0.15, -0.1) is 0 Å². The number of Topliss-reactive ketones (excluding diaryl/α,β-unsaturated/α-hetero) is 1. The number of benzene rings is 1. The lowest BCUT2D eigenvalue weighted by atomic mass is 9.69. The van der Waals surface area contributed by atoms with E-state index in [0.29, 0.717) is 24.8 Å². The Morgan fingerprint density at radius 1 is 1.21 bits per heavy atom. The Bertz CT molecular complexity index is 644. The average Bonchev–Trinajstić information content (AvgIpc) is 2.61. The first kappa shape index (κ1) is 16.6. The SMILES string of the molecule is COC(=O)C1CCC2NC(=O)C(C(=O)c3ccccc3)C(O)C2C1. The molecular formula is C18H21NO5. The van der Waals surface area contributed by atoms with E-state index in [4.69, 9.17) is 4.74 Å². The van der Waals surface area contributed by atoms with Crippen molar-refractivity contribution in [2.75, 3.05) is 7.11 Å². The minimum absolute atomic E-state index is 0.201. The van der Waals surface area contributed by atoms with Crippen molar-refractivity contribution >= 4 is 17.7 Å². The molecule has 1 aromatic carbocycles. The van der Waals surface area contributed by atoms with E-state index >= 15 is 0 Å². The molecule has 2 fully saturated rings. The molecule has 2 aliphatic rings. The van der Waals surface area contributed by atoms with E-state index in [-0.39, 0.29) is 29.6 Å². The zero-order valence-electron chi connectivity index (χ0n) is 13.5. The van der Waals surface area contributed by atoms with Gasteiger partial charge in [-0.3, -0.25) is 14.4 Å². The first-order valence-corrected chi connectivity index (χ1v) is 8.18. The number of hydrogen-bond donors (Lipinski definition) is 2. The second-order valence-corrected chi connectivity index (χ2v) is 6.51. The molecule has 1 aliphatic heterocycles. The summed E-state index contributed by atoms with van der Waals surface area (Å²) in [5, 5.41) is 13.6. The number of aliphatic hydroxyl groups excluding tert-OH is 1. The van der Waals surface area contributed by atoms with Gasteiger partial charge >= 0.3 is 5.97 Å². The lowest BCUT2D eigenvalue weighted by Gasteiger charge is -2.44. The second kappa shape index (κ2) is 6.73. The highest BCUT2D eigenvalue weighted by Gasteiger charge is 2.49. The summed E-state index contributed by atoms with van der Waals surface area (Å²) in [6.07, 6.45) is 0.526. The van der Waals surface area contributed by atoms with Crippen molar-refractivity contribution in [3.63, 3.8) is 0 Å². The number of nitrogens with one attached hydrogen (secondary N) is 1. The highest BCUT2D eigenvalue weighted by molar-refractivity contribution is 6.11. The molecule has 6 nitrogen and oxygen atoms in total. The molecule has 0 aromatic heterocycles. The first-order valence-electron chi connectivity index (χ1n) is 8.18. The highest BCUT2D eigenvalue weighted by Crippen LogP contribution is 2.38. The van der Waals surface area contributed by atoms with Crippen LogP contribution >= 0.6 is 0 Å². The maximum atomic E-state index is 12.7. The van der Waals surface area contributed by atoms with Crippen LogP contribution in [0.1, 0.15) is 29.6 Å². The van der Waals surface area contributed by atoms with E-state index in [1.54, 1.807) is 30.3 Å². The number of fused-ring (bicyclic) bond motifs is 1. The summed E-state index contributed by atoms with van der Waals surface area (Å²) in [5.41, 5.74) is 0.399. The van der Waals surface area contributed by atoms with Crippen molar-refractivity contribution < 1.29 is 24.2 Å². The number of rotatable bonds is 3. The fourth-order valence-electron chi connectivity index (χ4n) is 3.87. The van der Waals surface area contributed by atoms with Crippen LogP contribution in [0.15, 0.2) is 30.3 Å². The quantitative estimate of drug-likeness (QED) is 0.488. The summed E-state index contributed by atoms with van der Waals surface area (Å²) >= 11 is 0. The van der Waals surface area contributed by atoms with Gasteiger partial charge in [0.05, 0.1) is 19.1 Å². The molecule has 2 N–H and O–H groups in total. The van der Waals surface area contributed by atoms with Crippen molar-refractivity contribution in [2.24, 2.45) is 17.8 Å². The van der Waals surface area contributed by atoms with Crippen LogP contribution in [0.4, 0.5) is 0 Å². The summed E-state index contributed by atoms with van der Waals surface area (Å²) in [6, 6.07) is 8.28. The minimum atomic E-state index is -1.13. The van der Waals surface area contributed by atoms with Crippen molar-refractivity contribution in [1.29, 1.82) is 0 Å². The largest absolute Gasteiger partial charge is 0.469 e. The number of esters is 1. The van der Waals surface area contributed by atoms with E-state index in [1.807, 2.05) is 0 Å². The summed E-state index contributed by atoms with van der Waals surface area (Å²) in [6.45, 7) is 0. The van der Waals surface area contributed by atoms with Crippen LogP contribution in [0.2, 0.25) is 0 Å². The third-order valence-electron chi connectivity index (χ3n) is 5.17. The Kier molecular flexibility index (Phi) is 4.66. The van der Waals surface area contributed by atoms with Gasteiger partial charge in [0.2, 0.25) is 5.91 Å². The molecule has 0 radical (unpaired) electrons. The van der Waals surface area contributed by atoms with E-state index in [0.717, 1.165) is 0 Å². The average molecular weight is 331 g/mol. The van der Waals surface area contributed by atoms with Crippen LogP contribution in [-0.2, 0) is 14.3 Å². The lowest BCUT2D eigenvalue weighted by molar-refractivity contribution is -0.149. The van der Waals surface area contributed by atoms with Crippen molar-refractivity contribution in [2.45, 2.75) is 31.4 Å². The molecule has 24 heavy (non-hydrogen) atoms. The zero-order valence-corrected chi connectivity index (χ0v) is 13.5. The number of carbonyl (C=O) groups is 3. The monoisotopic (exact) mass is 331 g/mol. The fourth-order valence-corrected chi connectivity index (χ4v) is 3.87. The van der Waals surface area contributed by atoms with E-state index < -0.39 is 17.9 Å². The van der Waals surface area contributed by atoms with Gasteiger partial charge in [-0.2, -0.15) is 0 Å². The van der Waals surface area contributed by atoms with Crippen molar-refractivity contribution in [3.8, 4) is 0 Å². The highest BCUT2D eigenvalue weighted by atomic mass is 16.5. The molecule has 3 rings (SSSR count). The molecule has 1 saturated heterocycles. The molecule has 0 spiro atoms. The van der Waals surface area contributed by atoms with E-state index in [9.17, 15) is 19.5 Å². The topological polar surface area (TPSA) is 92.7 Å². The number of aliphatic hydroxyl groups is 1. The van der Waals surface area contributed by atoms with Crippen molar-refractivity contribution in [3.05, 3.63) is 35.9 Å². The molecule has 128 valence electrons. The molecule has 5 unspecified atom stereocenters. The van der Waals surface area contributed by atoms with E-state index in [1.165, 1.54) is 7.11 Å². The van der Waals surface area contributed by atoms with Gasteiger partial charge < -0.3 is 15.2 Å². The van der Waals surface area contributed by atoms with Crippen molar-refractivity contribution in [1.82, 2.24) is 5.32 Å². The van der Waals surface area contributed by atoms with Gasteiger partial charge in [-0.1, -0.05) is 30.3 Å². The van der Waals surface area contributed by atoms with Gasteiger partial charge in [0.1, 0.15) is 5.92 Å². The molecule has 1 saturated carbocycles. The maximum absolute atomic E-state index is 12.7. The van der Waals surface area contributed by atoms with Crippen LogP contribution in [0.25, 0.3) is 0 Å². The van der Waals surface area contributed by atoms with Crippen LogP contribution in [0, 0.1) is 17.8 Å². The smallest absolute Gasteiger partial charge is 0.308 e. The summed E-state index contributed by atoms with van der Waals surface area (Å²) < 4.78 is 4.79. The Morgan fingerprint density at radius 3 is 2.58 bits per heavy atom. The number of methoxy groups -OCH3 is 1. The third-order valence-corrected chi connectivity index (χ3v) is 5.17. The number of carbonyl (C=O) groups excluding carboxylic acids is 3. The lowest BCUT2D eigenvalue weighted by Crippen LogP contribution is -2.61. The third kappa shape index (κ3) is 2.94. The van der Waals surface area contributed by atoms with E-state index in [2.05, 4.69) is 5.32 Å². The minimum Gasteiger partial charge on any atom is -0.469 e. The number of piperidine rings is 1. The van der Waals surface area contributed by atoms with Gasteiger partial charge in [0, 0.05) is 17.5 Å². The molecule has 5 atom stereocenters. The van der Waals surface area contributed by atoms with Crippen LogP contribution < -0.4 is 5.32 Å². The summed E-state index contributed by atoms with van der Waals surface area (Å²) in [4.78, 5) is 36.8. The van der Waals surface area contributed by atoms with Gasteiger partial charge in [-0.25, -0.2) is 0 Å². The molecular weight excluding hydrogens is 310 g/mol. The predicted octanol–water partition coefficient (Wildman–Crippen LogP) is 0.934. The molecule has 1 heterocycles. The number of amides is 1.